The molecule has 1 aliphatic carbocycles. The van der Waals surface area contributed by atoms with Crippen LogP contribution in [0.4, 0.5) is 0 Å². The summed E-state index contributed by atoms with van der Waals surface area (Å²) in [4.78, 5) is 12.9. The lowest BCUT2D eigenvalue weighted by molar-refractivity contribution is -0.131. The lowest BCUT2D eigenvalue weighted by Gasteiger charge is -2.18. The van der Waals surface area contributed by atoms with Gasteiger partial charge in [-0.3, -0.25) is 0 Å². The van der Waals surface area contributed by atoms with Gasteiger partial charge in [-0.1, -0.05) is 6.07 Å². The van der Waals surface area contributed by atoms with Gasteiger partial charge in [0.1, 0.15) is 5.75 Å². The van der Waals surface area contributed by atoms with E-state index >= 15 is 0 Å². The quantitative estimate of drug-likeness (QED) is 0.777. The van der Waals surface area contributed by atoms with E-state index in [1.165, 1.54) is 12.8 Å². The predicted molar refractivity (Wildman–Crippen MR) is 78.7 cm³/mol. The maximum absolute atomic E-state index is 10.6. The fourth-order valence-corrected chi connectivity index (χ4v) is 2.29. The van der Waals surface area contributed by atoms with Crippen molar-refractivity contribution in [3.63, 3.8) is 0 Å². The summed E-state index contributed by atoms with van der Waals surface area (Å²) in [6.45, 7) is 1.92. The molecule has 4 nitrogen and oxygen atoms in total. The number of rotatable bonds is 7. The second-order valence-electron chi connectivity index (χ2n) is 5.38. The second kappa shape index (κ2) is 6.57. The molecule has 0 bridgehead atoms. The van der Waals surface area contributed by atoms with E-state index in [0.29, 0.717) is 0 Å². The van der Waals surface area contributed by atoms with Gasteiger partial charge in [-0.25, -0.2) is 4.79 Å². The van der Waals surface area contributed by atoms with Crippen LogP contribution in [0.3, 0.4) is 0 Å². The number of carboxylic acid groups (broad SMARTS) is 1. The third-order valence-corrected chi connectivity index (χ3v) is 3.43. The number of hydrogen-bond acceptors (Lipinski definition) is 3. The summed E-state index contributed by atoms with van der Waals surface area (Å²) in [5.41, 5.74) is 1.96. The van der Waals surface area contributed by atoms with Crippen molar-refractivity contribution in [2.24, 2.45) is 5.92 Å². The van der Waals surface area contributed by atoms with E-state index in [0.717, 1.165) is 42.0 Å². The molecule has 1 saturated carbocycles. The fourth-order valence-electron chi connectivity index (χ4n) is 2.29. The average molecular weight is 275 g/mol. The van der Waals surface area contributed by atoms with E-state index in [4.69, 9.17) is 9.84 Å². The molecule has 1 aromatic rings. The normalized spacial score (nSPS) is 14.9. The summed E-state index contributed by atoms with van der Waals surface area (Å²) < 4.78 is 5.38. The zero-order valence-corrected chi connectivity index (χ0v) is 12.0. The number of hydrogen-bond donors (Lipinski definition) is 1. The van der Waals surface area contributed by atoms with Crippen LogP contribution in [0.2, 0.25) is 0 Å². The second-order valence-corrected chi connectivity index (χ2v) is 5.38. The van der Waals surface area contributed by atoms with Gasteiger partial charge in [0, 0.05) is 24.7 Å². The molecule has 4 heteroatoms. The van der Waals surface area contributed by atoms with E-state index in [9.17, 15) is 4.79 Å². The molecule has 108 valence electrons. The zero-order chi connectivity index (χ0) is 14.5. The molecular weight excluding hydrogens is 254 g/mol. The van der Waals surface area contributed by atoms with E-state index < -0.39 is 5.97 Å². The van der Waals surface area contributed by atoms with Gasteiger partial charge in [-0.2, -0.15) is 0 Å². The lowest BCUT2D eigenvalue weighted by Crippen LogP contribution is -2.20. The Kier molecular flexibility index (Phi) is 4.79. The van der Waals surface area contributed by atoms with E-state index in [2.05, 4.69) is 11.9 Å². The number of methoxy groups -OCH3 is 1. The topological polar surface area (TPSA) is 49.8 Å². The molecule has 0 spiro atoms. The number of carbonyl (C=O) groups is 1. The van der Waals surface area contributed by atoms with Gasteiger partial charge in [0.05, 0.1) is 7.11 Å². The van der Waals surface area contributed by atoms with Crippen LogP contribution in [0.25, 0.3) is 6.08 Å². The van der Waals surface area contributed by atoms with Crippen LogP contribution in [0.1, 0.15) is 24.0 Å². The number of carboxylic acids is 1. The Hall–Kier alpha value is -1.81. The summed E-state index contributed by atoms with van der Waals surface area (Å²) in [6, 6.07) is 5.74. The van der Waals surface area contributed by atoms with E-state index in [-0.39, 0.29) is 0 Å². The molecule has 1 fully saturated rings. The first-order valence-electron chi connectivity index (χ1n) is 6.85. The first-order valence-corrected chi connectivity index (χ1v) is 6.85. The Balaban J connectivity index is 2.10. The van der Waals surface area contributed by atoms with Crippen LogP contribution in [0.15, 0.2) is 24.3 Å². The Bertz CT molecular complexity index is 506. The van der Waals surface area contributed by atoms with Crippen molar-refractivity contribution in [1.29, 1.82) is 0 Å². The SMILES string of the molecule is COc1ccc(C=CC(=O)O)cc1CN(C)CC1CC1. The minimum absolute atomic E-state index is 0.814. The number of aliphatic carboxylic acids is 1. The van der Waals surface area contributed by atoms with Crippen LogP contribution in [0, 0.1) is 5.92 Å². The first kappa shape index (κ1) is 14.6. The third kappa shape index (κ3) is 4.38. The maximum Gasteiger partial charge on any atom is 0.328 e. The highest BCUT2D eigenvalue weighted by molar-refractivity contribution is 5.85. The monoisotopic (exact) mass is 275 g/mol. The molecule has 0 atom stereocenters. The van der Waals surface area contributed by atoms with Crippen molar-refractivity contribution in [2.75, 3.05) is 20.7 Å². The standard InChI is InChI=1S/C16H21NO3/c1-17(10-13-3-4-13)11-14-9-12(6-8-16(18)19)5-7-15(14)20-2/h5-9,13H,3-4,10-11H2,1-2H3,(H,18,19). The molecule has 0 radical (unpaired) electrons. The van der Waals surface area contributed by atoms with Gasteiger partial charge < -0.3 is 14.7 Å². The lowest BCUT2D eigenvalue weighted by atomic mass is 10.1. The maximum atomic E-state index is 10.6. The summed E-state index contributed by atoms with van der Waals surface area (Å²) in [5.74, 6) is 0.759. The number of nitrogens with zero attached hydrogens (tertiary/aromatic N) is 1. The molecule has 0 saturated heterocycles. The van der Waals surface area contributed by atoms with Crippen LogP contribution in [0.5, 0.6) is 5.75 Å². The highest BCUT2D eigenvalue weighted by atomic mass is 16.5. The van der Waals surface area contributed by atoms with Crippen molar-refractivity contribution in [2.45, 2.75) is 19.4 Å². The zero-order valence-electron chi connectivity index (χ0n) is 12.0. The molecule has 0 aliphatic heterocycles. The molecule has 1 aromatic carbocycles. The number of ether oxygens (including phenoxy) is 1. The predicted octanol–water partition coefficient (Wildman–Crippen LogP) is 2.63. The molecule has 0 amide bonds. The minimum atomic E-state index is -0.937. The Morgan fingerprint density at radius 2 is 2.25 bits per heavy atom. The average Bonchev–Trinajstić information content (AvgIpc) is 3.20. The molecule has 1 N–H and O–H groups in total. The molecule has 2 rings (SSSR count). The first-order chi connectivity index (χ1) is 9.58. The fraction of sp³-hybridized carbons (Fsp3) is 0.438. The Morgan fingerprint density at radius 3 is 2.85 bits per heavy atom. The molecule has 0 heterocycles. The number of benzene rings is 1. The van der Waals surface area contributed by atoms with Crippen molar-refractivity contribution >= 4 is 12.0 Å². The smallest absolute Gasteiger partial charge is 0.328 e. The minimum Gasteiger partial charge on any atom is -0.496 e. The summed E-state index contributed by atoms with van der Waals surface area (Å²) in [6.07, 6.45) is 5.43. The largest absolute Gasteiger partial charge is 0.496 e. The highest BCUT2D eigenvalue weighted by Crippen LogP contribution is 2.30. The molecule has 1 aliphatic rings. The van der Waals surface area contributed by atoms with Crippen molar-refractivity contribution in [3.8, 4) is 5.75 Å². The summed E-state index contributed by atoms with van der Waals surface area (Å²) in [7, 11) is 3.77. The van der Waals surface area contributed by atoms with Crippen LogP contribution in [-0.2, 0) is 11.3 Å². The molecular formula is C16H21NO3. The Morgan fingerprint density at radius 1 is 1.50 bits per heavy atom. The highest BCUT2D eigenvalue weighted by Gasteiger charge is 2.23. The van der Waals surface area contributed by atoms with Gasteiger partial charge in [0.2, 0.25) is 0 Å². The van der Waals surface area contributed by atoms with Crippen LogP contribution >= 0.6 is 0 Å². The van der Waals surface area contributed by atoms with Gasteiger partial charge in [0.15, 0.2) is 0 Å². The van der Waals surface area contributed by atoms with Gasteiger partial charge in [0.25, 0.3) is 0 Å². The van der Waals surface area contributed by atoms with E-state index in [1.807, 2.05) is 18.2 Å². The Labute approximate surface area is 119 Å². The van der Waals surface area contributed by atoms with Crippen LogP contribution < -0.4 is 4.74 Å². The molecule has 0 unspecified atom stereocenters. The van der Waals surface area contributed by atoms with Crippen molar-refractivity contribution < 1.29 is 14.6 Å². The van der Waals surface area contributed by atoms with Gasteiger partial charge >= 0.3 is 5.97 Å². The van der Waals surface area contributed by atoms with Gasteiger partial charge in [-0.15, -0.1) is 0 Å². The molecule has 0 aromatic heterocycles. The van der Waals surface area contributed by atoms with Crippen molar-refractivity contribution in [1.82, 2.24) is 4.90 Å². The van der Waals surface area contributed by atoms with Crippen LogP contribution in [-0.4, -0.2) is 36.7 Å². The third-order valence-electron chi connectivity index (χ3n) is 3.43. The summed E-state index contributed by atoms with van der Waals surface area (Å²) >= 11 is 0. The van der Waals surface area contributed by atoms with E-state index in [1.54, 1.807) is 13.2 Å². The van der Waals surface area contributed by atoms with Crippen molar-refractivity contribution in [3.05, 3.63) is 35.4 Å². The molecule has 20 heavy (non-hydrogen) atoms. The summed E-state index contributed by atoms with van der Waals surface area (Å²) in [5, 5.41) is 8.68. The van der Waals surface area contributed by atoms with Gasteiger partial charge in [-0.05, 0) is 49.6 Å².